The summed E-state index contributed by atoms with van der Waals surface area (Å²) in [6.07, 6.45) is 0. The van der Waals surface area contributed by atoms with Gasteiger partial charge in [0.2, 0.25) is 0 Å². The molecule has 5 nitrogen and oxygen atoms in total. The number of hydrogen-bond donors (Lipinski definition) is 0. The Balaban J connectivity index is 2.02. The van der Waals surface area contributed by atoms with Gasteiger partial charge >= 0.3 is 5.97 Å². The quantitative estimate of drug-likeness (QED) is 0.600. The number of rotatable bonds is 6. The van der Waals surface area contributed by atoms with Gasteiger partial charge in [0, 0.05) is 6.07 Å². The molecule has 0 aliphatic heterocycles. The fraction of sp³-hybridized carbons (Fsp3) is 0.263. The van der Waals surface area contributed by atoms with Gasteiger partial charge < -0.3 is 14.2 Å². The van der Waals surface area contributed by atoms with Crippen LogP contribution in [0.15, 0.2) is 36.4 Å². The molecular weight excluding hydrogens is 306 g/mol. The fourth-order valence-electron chi connectivity index (χ4n) is 2.17. The van der Waals surface area contributed by atoms with Gasteiger partial charge in [-0.1, -0.05) is 17.7 Å². The van der Waals surface area contributed by atoms with Crippen molar-refractivity contribution >= 4 is 5.97 Å². The van der Waals surface area contributed by atoms with Crippen LogP contribution in [0.1, 0.15) is 23.6 Å². The number of carbonyl (C=O) groups excluding carboxylic acids is 1. The number of ether oxygens (including phenoxy) is 3. The summed E-state index contributed by atoms with van der Waals surface area (Å²) in [7, 11) is 0. The third kappa shape index (κ3) is 4.50. The molecule has 2 aromatic rings. The maximum Gasteiger partial charge on any atom is 0.349 e. The average molecular weight is 325 g/mol. The third-order valence-corrected chi connectivity index (χ3v) is 3.27. The van der Waals surface area contributed by atoms with Gasteiger partial charge in [0.15, 0.2) is 18.1 Å². The van der Waals surface area contributed by atoms with Crippen LogP contribution in [0.3, 0.4) is 0 Å². The molecule has 0 fully saturated rings. The van der Waals surface area contributed by atoms with E-state index in [1.807, 2.05) is 39.0 Å². The SMILES string of the molecule is CCOc1cc(C#N)ccc1OCC(=O)Oc1ccc(C)cc1C. The van der Waals surface area contributed by atoms with E-state index in [0.717, 1.165) is 11.1 Å². The summed E-state index contributed by atoms with van der Waals surface area (Å²) >= 11 is 0. The number of aryl methyl sites for hydroxylation is 2. The summed E-state index contributed by atoms with van der Waals surface area (Å²) in [5, 5.41) is 8.93. The van der Waals surface area contributed by atoms with E-state index in [2.05, 4.69) is 0 Å². The van der Waals surface area contributed by atoms with Crippen LogP contribution in [-0.4, -0.2) is 19.2 Å². The van der Waals surface area contributed by atoms with Crippen LogP contribution < -0.4 is 14.2 Å². The number of hydrogen-bond acceptors (Lipinski definition) is 5. The van der Waals surface area contributed by atoms with E-state index in [-0.39, 0.29) is 6.61 Å². The van der Waals surface area contributed by atoms with Crippen molar-refractivity contribution in [1.82, 2.24) is 0 Å². The molecule has 0 radical (unpaired) electrons. The molecule has 0 aliphatic rings. The van der Waals surface area contributed by atoms with Gasteiger partial charge in [0.05, 0.1) is 18.2 Å². The van der Waals surface area contributed by atoms with E-state index < -0.39 is 5.97 Å². The maximum absolute atomic E-state index is 12.0. The summed E-state index contributed by atoms with van der Waals surface area (Å²) in [4.78, 5) is 12.0. The molecule has 2 aromatic carbocycles. The molecule has 5 heteroatoms. The second-order valence-corrected chi connectivity index (χ2v) is 5.24. The molecule has 0 aromatic heterocycles. The van der Waals surface area contributed by atoms with Crippen molar-refractivity contribution in [3.05, 3.63) is 53.1 Å². The van der Waals surface area contributed by atoms with Crippen molar-refractivity contribution in [3.63, 3.8) is 0 Å². The van der Waals surface area contributed by atoms with E-state index in [1.54, 1.807) is 24.3 Å². The van der Waals surface area contributed by atoms with Gasteiger partial charge in [0.25, 0.3) is 0 Å². The topological polar surface area (TPSA) is 68.5 Å². The highest BCUT2D eigenvalue weighted by molar-refractivity contribution is 5.74. The largest absolute Gasteiger partial charge is 0.490 e. The van der Waals surface area contributed by atoms with Crippen molar-refractivity contribution in [2.75, 3.05) is 13.2 Å². The Morgan fingerprint density at radius 2 is 1.79 bits per heavy atom. The molecule has 2 rings (SSSR count). The molecule has 0 spiro atoms. The minimum absolute atomic E-state index is 0.251. The van der Waals surface area contributed by atoms with Gasteiger partial charge in [-0.2, -0.15) is 5.26 Å². The molecule has 0 amide bonds. The van der Waals surface area contributed by atoms with Crippen LogP contribution in [0, 0.1) is 25.2 Å². The van der Waals surface area contributed by atoms with Crippen LogP contribution in [0.4, 0.5) is 0 Å². The smallest absolute Gasteiger partial charge is 0.349 e. The van der Waals surface area contributed by atoms with E-state index in [9.17, 15) is 4.79 Å². The molecular formula is C19H19NO4. The molecule has 0 N–H and O–H groups in total. The van der Waals surface area contributed by atoms with Crippen LogP contribution >= 0.6 is 0 Å². The number of nitrogens with zero attached hydrogens (tertiary/aromatic N) is 1. The monoisotopic (exact) mass is 325 g/mol. The lowest BCUT2D eigenvalue weighted by Gasteiger charge is -2.12. The molecule has 24 heavy (non-hydrogen) atoms. The molecule has 0 unspecified atom stereocenters. The first-order chi connectivity index (χ1) is 11.5. The van der Waals surface area contributed by atoms with Gasteiger partial charge in [-0.05, 0) is 44.5 Å². The van der Waals surface area contributed by atoms with Crippen molar-refractivity contribution in [2.24, 2.45) is 0 Å². The van der Waals surface area contributed by atoms with Crippen LogP contribution in [-0.2, 0) is 4.79 Å². The van der Waals surface area contributed by atoms with Crippen LogP contribution in [0.25, 0.3) is 0 Å². The average Bonchev–Trinajstić information content (AvgIpc) is 2.56. The van der Waals surface area contributed by atoms with E-state index in [1.165, 1.54) is 0 Å². The molecule has 0 atom stereocenters. The molecule has 0 aliphatic carbocycles. The molecule has 0 heterocycles. The predicted octanol–water partition coefficient (Wildman–Crippen LogP) is 3.56. The summed E-state index contributed by atoms with van der Waals surface area (Å²) in [6.45, 7) is 5.86. The highest BCUT2D eigenvalue weighted by atomic mass is 16.6. The fourth-order valence-corrected chi connectivity index (χ4v) is 2.17. The first kappa shape index (κ1) is 17.4. The van der Waals surface area contributed by atoms with Crippen molar-refractivity contribution in [1.29, 1.82) is 5.26 Å². The minimum Gasteiger partial charge on any atom is -0.490 e. The Labute approximate surface area is 141 Å². The first-order valence-electron chi connectivity index (χ1n) is 7.61. The number of nitriles is 1. The minimum atomic E-state index is -0.506. The highest BCUT2D eigenvalue weighted by Crippen LogP contribution is 2.28. The summed E-state index contributed by atoms with van der Waals surface area (Å²) < 4.78 is 16.2. The lowest BCUT2D eigenvalue weighted by Crippen LogP contribution is -2.18. The van der Waals surface area contributed by atoms with Crippen molar-refractivity contribution < 1.29 is 19.0 Å². The molecule has 0 bridgehead atoms. The summed E-state index contributed by atoms with van der Waals surface area (Å²) in [5.74, 6) is 0.831. The van der Waals surface area contributed by atoms with Crippen LogP contribution in [0.2, 0.25) is 0 Å². The second kappa shape index (κ2) is 8.02. The Hall–Kier alpha value is -3.00. The standard InChI is InChI=1S/C19H19NO4/c1-4-22-18-10-15(11-20)6-8-17(18)23-12-19(21)24-16-7-5-13(2)9-14(16)3/h5-10H,4,12H2,1-3H3. The predicted molar refractivity (Wildman–Crippen MR) is 89.4 cm³/mol. The second-order valence-electron chi connectivity index (χ2n) is 5.24. The summed E-state index contributed by atoms with van der Waals surface area (Å²) in [5.41, 5.74) is 2.45. The van der Waals surface area contributed by atoms with Gasteiger partial charge in [-0.3, -0.25) is 0 Å². The van der Waals surface area contributed by atoms with Gasteiger partial charge in [0.1, 0.15) is 5.75 Å². The molecule has 0 saturated heterocycles. The number of carbonyl (C=O) groups is 1. The lowest BCUT2D eigenvalue weighted by molar-refractivity contribution is -0.136. The van der Waals surface area contributed by atoms with Crippen LogP contribution in [0.5, 0.6) is 17.2 Å². The Kier molecular flexibility index (Phi) is 5.80. The van der Waals surface area contributed by atoms with Gasteiger partial charge in [-0.25, -0.2) is 4.79 Å². The molecule has 0 saturated carbocycles. The Bertz CT molecular complexity index is 777. The normalized spacial score (nSPS) is 9.92. The Morgan fingerprint density at radius 3 is 2.46 bits per heavy atom. The Morgan fingerprint density at radius 1 is 1.04 bits per heavy atom. The maximum atomic E-state index is 12.0. The highest BCUT2D eigenvalue weighted by Gasteiger charge is 2.12. The molecule has 124 valence electrons. The zero-order chi connectivity index (χ0) is 17.5. The van der Waals surface area contributed by atoms with Crippen molar-refractivity contribution in [2.45, 2.75) is 20.8 Å². The number of benzene rings is 2. The van der Waals surface area contributed by atoms with Crippen molar-refractivity contribution in [3.8, 4) is 23.3 Å². The van der Waals surface area contributed by atoms with Gasteiger partial charge in [-0.15, -0.1) is 0 Å². The lowest BCUT2D eigenvalue weighted by atomic mass is 10.1. The summed E-state index contributed by atoms with van der Waals surface area (Å²) in [6, 6.07) is 12.4. The third-order valence-electron chi connectivity index (χ3n) is 3.27. The number of esters is 1. The zero-order valence-electron chi connectivity index (χ0n) is 14.0. The zero-order valence-corrected chi connectivity index (χ0v) is 14.0. The van der Waals surface area contributed by atoms with E-state index in [4.69, 9.17) is 19.5 Å². The first-order valence-corrected chi connectivity index (χ1v) is 7.61. The van der Waals surface area contributed by atoms with E-state index >= 15 is 0 Å². The van der Waals surface area contributed by atoms with E-state index in [0.29, 0.717) is 29.4 Å².